The summed E-state index contributed by atoms with van der Waals surface area (Å²) >= 11 is 3.33. The quantitative estimate of drug-likeness (QED) is 0.796. The number of halogens is 1. The normalized spacial score (nSPS) is 10.4. The van der Waals surface area contributed by atoms with Gasteiger partial charge in [-0.05, 0) is 22.0 Å². The fourth-order valence-corrected chi connectivity index (χ4v) is 2.03. The van der Waals surface area contributed by atoms with Gasteiger partial charge >= 0.3 is 5.63 Å². The number of hydrogen-bond acceptors (Lipinski definition) is 4. The lowest BCUT2D eigenvalue weighted by Gasteiger charge is -2.09. The minimum atomic E-state index is -0.413. The van der Waals surface area contributed by atoms with E-state index in [0.717, 1.165) is 5.39 Å². The second-order valence-corrected chi connectivity index (χ2v) is 3.89. The van der Waals surface area contributed by atoms with Gasteiger partial charge in [-0.15, -0.1) is 0 Å². The van der Waals surface area contributed by atoms with Gasteiger partial charge in [0.15, 0.2) is 5.58 Å². The highest BCUT2D eigenvalue weighted by Crippen LogP contribution is 2.38. The lowest BCUT2D eigenvalue weighted by Crippen LogP contribution is -1.97. The molecule has 5 heteroatoms. The Morgan fingerprint density at radius 3 is 2.50 bits per heavy atom. The zero-order valence-electron chi connectivity index (χ0n) is 8.74. The van der Waals surface area contributed by atoms with Crippen molar-refractivity contribution in [3.8, 4) is 11.5 Å². The van der Waals surface area contributed by atoms with E-state index in [2.05, 4.69) is 15.9 Å². The van der Waals surface area contributed by atoms with Gasteiger partial charge in [-0.3, -0.25) is 0 Å². The van der Waals surface area contributed by atoms with Crippen LogP contribution < -0.4 is 15.1 Å². The minimum Gasteiger partial charge on any atom is -0.496 e. The number of rotatable bonds is 2. The predicted molar refractivity (Wildman–Crippen MR) is 63.3 cm³/mol. The first-order valence-electron chi connectivity index (χ1n) is 4.51. The Morgan fingerprint density at radius 2 is 1.88 bits per heavy atom. The van der Waals surface area contributed by atoms with E-state index in [9.17, 15) is 4.79 Å². The molecule has 2 aromatic rings. The van der Waals surface area contributed by atoms with Gasteiger partial charge in [-0.1, -0.05) is 0 Å². The van der Waals surface area contributed by atoms with E-state index >= 15 is 0 Å². The molecule has 1 aromatic carbocycles. The zero-order valence-corrected chi connectivity index (χ0v) is 10.3. The smallest absolute Gasteiger partial charge is 0.336 e. The first-order valence-corrected chi connectivity index (χ1v) is 5.31. The van der Waals surface area contributed by atoms with Crippen molar-refractivity contribution in [1.29, 1.82) is 0 Å². The summed E-state index contributed by atoms with van der Waals surface area (Å²) in [5.41, 5.74) is 0.00667. The van der Waals surface area contributed by atoms with Gasteiger partial charge in [-0.2, -0.15) is 0 Å². The summed E-state index contributed by atoms with van der Waals surface area (Å²) in [5.74, 6) is 1.15. The third kappa shape index (κ3) is 1.67. The molecule has 1 aromatic heterocycles. The Hall–Kier alpha value is -1.49. The number of fused-ring (bicyclic) bond motifs is 1. The van der Waals surface area contributed by atoms with Crippen LogP contribution in [0, 0.1) is 0 Å². The second-order valence-electron chi connectivity index (χ2n) is 3.09. The first kappa shape index (κ1) is 11.0. The molecular formula is C11H9BrO4. The SMILES string of the molecule is COc1cc(OC)c2ccc(=O)oc2c1Br. The minimum absolute atomic E-state index is 0.413. The molecule has 0 unspecified atom stereocenters. The highest BCUT2D eigenvalue weighted by atomic mass is 79.9. The molecule has 0 atom stereocenters. The van der Waals surface area contributed by atoms with Gasteiger partial charge in [-0.25, -0.2) is 4.79 Å². The topological polar surface area (TPSA) is 48.7 Å². The molecule has 0 aliphatic rings. The fraction of sp³-hybridized carbons (Fsp3) is 0.182. The molecule has 0 aliphatic carbocycles. The lowest BCUT2D eigenvalue weighted by atomic mass is 10.2. The average molecular weight is 285 g/mol. The van der Waals surface area contributed by atoms with E-state index in [1.807, 2.05) is 0 Å². The van der Waals surface area contributed by atoms with Crippen molar-refractivity contribution in [1.82, 2.24) is 0 Å². The molecule has 0 aliphatic heterocycles. The molecule has 16 heavy (non-hydrogen) atoms. The number of ether oxygens (including phenoxy) is 2. The Labute approximate surface area is 99.9 Å². The monoisotopic (exact) mass is 284 g/mol. The maximum Gasteiger partial charge on any atom is 0.336 e. The molecule has 0 fully saturated rings. The maximum atomic E-state index is 11.2. The Morgan fingerprint density at radius 1 is 1.19 bits per heavy atom. The number of methoxy groups -OCH3 is 2. The second kappa shape index (κ2) is 4.17. The molecule has 0 bridgehead atoms. The van der Waals surface area contributed by atoms with Crippen LogP contribution in [0.1, 0.15) is 0 Å². The molecule has 84 valence electrons. The maximum absolute atomic E-state index is 11.2. The third-order valence-electron chi connectivity index (χ3n) is 2.22. The molecule has 4 nitrogen and oxygen atoms in total. The molecule has 0 spiro atoms. The van der Waals surface area contributed by atoms with E-state index in [0.29, 0.717) is 21.6 Å². The summed E-state index contributed by atoms with van der Waals surface area (Å²) in [6, 6.07) is 4.74. The van der Waals surface area contributed by atoms with Crippen molar-refractivity contribution < 1.29 is 13.9 Å². The van der Waals surface area contributed by atoms with Crippen LogP contribution in [0.3, 0.4) is 0 Å². The molecule has 0 N–H and O–H groups in total. The standard InChI is InChI=1S/C11H9BrO4/c1-14-7-5-8(15-2)10(12)11-6(7)3-4-9(13)16-11/h3-5H,1-2H3. The van der Waals surface area contributed by atoms with Crippen molar-refractivity contribution in [2.24, 2.45) is 0 Å². The van der Waals surface area contributed by atoms with Crippen LogP contribution in [0.15, 0.2) is 31.9 Å². The van der Waals surface area contributed by atoms with Crippen molar-refractivity contribution >= 4 is 26.9 Å². The van der Waals surface area contributed by atoms with Crippen LogP contribution >= 0.6 is 15.9 Å². The summed E-state index contributed by atoms with van der Waals surface area (Å²) in [7, 11) is 3.08. The molecule has 0 amide bonds. The van der Waals surface area contributed by atoms with Crippen molar-refractivity contribution in [3.63, 3.8) is 0 Å². The highest BCUT2D eigenvalue weighted by Gasteiger charge is 2.13. The Bertz CT molecular complexity index is 588. The summed E-state index contributed by atoms with van der Waals surface area (Å²) in [5, 5.41) is 0.717. The molecule has 2 rings (SSSR count). The fourth-order valence-electron chi connectivity index (χ4n) is 1.46. The van der Waals surface area contributed by atoms with Crippen LogP contribution in [0.4, 0.5) is 0 Å². The van der Waals surface area contributed by atoms with Gasteiger partial charge in [0.1, 0.15) is 16.0 Å². The largest absolute Gasteiger partial charge is 0.496 e. The van der Waals surface area contributed by atoms with Crippen LogP contribution in [0.5, 0.6) is 11.5 Å². The van der Waals surface area contributed by atoms with E-state index in [1.54, 1.807) is 19.2 Å². The van der Waals surface area contributed by atoms with Crippen LogP contribution in [-0.2, 0) is 0 Å². The van der Waals surface area contributed by atoms with Gasteiger partial charge in [0.05, 0.1) is 19.6 Å². The van der Waals surface area contributed by atoms with Crippen molar-refractivity contribution in [2.45, 2.75) is 0 Å². The Balaban J connectivity index is 2.91. The van der Waals surface area contributed by atoms with Crippen molar-refractivity contribution in [3.05, 3.63) is 33.1 Å². The molecule has 0 radical (unpaired) electrons. The lowest BCUT2D eigenvalue weighted by molar-refractivity contribution is 0.394. The van der Waals surface area contributed by atoms with Gasteiger partial charge in [0, 0.05) is 12.1 Å². The van der Waals surface area contributed by atoms with Crippen LogP contribution in [0.2, 0.25) is 0 Å². The van der Waals surface area contributed by atoms with Crippen LogP contribution in [-0.4, -0.2) is 14.2 Å². The summed E-state index contributed by atoms with van der Waals surface area (Å²) in [6.45, 7) is 0. The summed E-state index contributed by atoms with van der Waals surface area (Å²) in [4.78, 5) is 11.2. The molecule has 0 saturated heterocycles. The van der Waals surface area contributed by atoms with E-state index in [1.165, 1.54) is 13.2 Å². The van der Waals surface area contributed by atoms with E-state index < -0.39 is 5.63 Å². The van der Waals surface area contributed by atoms with Gasteiger partial charge in [0.2, 0.25) is 0 Å². The average Bonchev–Trinajstić information content (AvgIpc) is 2.30. The van der Waals surface area contributed by atoms with Gasteiger partial charge in [0.25, 0.3) is 0 Å². The Kier molecular flexibility index (Phi) is 2.87. The zero-order chi connectivity index (χ0) is 11.7. The first-order chi connectivity index (χ1) is 7.67. The summed E-state index contributed by atoms with van der Waals surface area (Å²) in [6.07, 6.45) is 0. The highest BCUT2D eigenvalue weighted by molar-refractivity contribution is 9.10. The van der Waals surface area contributed by atoms with E-state index in [4.69, 9.17) is 13.9 Å². The van der Waals surface area contributed by atoms with Crippen molar-refractivity contribution in [2.75, 3.05) is 14.2 Å². The molecular weight excluding hydrogens is 276 g/mol. The predicted octanol–water partition coefficient (Wildman–Crippen LogP) is 2.57. The molecule has 1 heterocycles. The number of hydrogen-bond donors (Lipinski definition) is 0. The van der Waals surface area contributed by atoms with E-state index in [-0.39, 0.29) is 0 Å². The van der Waals surface area contributed by atoms with Gasteiger partial charge < -0.3 is 13.9 Å². The van der Waals surface area contributed by atoms with Crippen LogP contribution in [0.25, 0.3) is 11.0 Å². The number of benzene rings is 1. The summed E-state index contributed by atoms with van der Waals surface area (Å²) < 4.78 is 16.1. The third-order valence-corrected chi connectivity index (χ3v) is 2.97. The molecule has 0 saturated carbocycles.